The zero-order chi connectivity index (χ0) is 15.1. The molecule has 1 amide bonds. The van der Waals surface area contributed by atoms with Crippen LogP contribution in [-0.4, -0.2) is 32.7 Å². The van der Waals surface area contributed by atoms with Crippen molar-refractivity contribution in [1.29, 1.82) is 0 Å². The van der Waals surface area contributed by atoms with Crippen LogP contribution in [-0.2, 0) is 0 Å². The van der Waals surface area contributed by atoms with Crippen molar-refractivity contribution < 1.29 is 14.3 Å². The molecule has 6 heteroatoms. The molecule has 5 nitrogen and oxygen atoms in total. The van der Waals surface area contributed by atoms with Crippen LogP contribution in [0.2, 0.25) is 0 Å². The second-order valence-electron chi connectivity index (χ2n) is 5.08. The monoisotopic (exact) mass is 316 g/mol. The summed E-state index contributed by atoms with van der Waals surface area (Å²) >= 11 is 0. The minimum atomic E-state index is -0.197. The molecule has 1 aromatic carbocycles. The minimum absolute atomic E-state index is 0. The number of amides is 1. The Balaban J connectivity index is 0.00000400. The van der Waals surface area contributed by atoms with Gasteiger partial charge in [-0.3, -0.25) is 4.79 Å². The molecule has 0 aliphatic heterocycles. The van der Waals surface area contributed by atoms with Crippen molar-refractivity contribution in [3.63, 3.8) is 0 Å². The summed E-state index contributed by atoms with van der Waals surface area (Å²) in [5.41, 5.74) is 6.16. The zero-order valence-corrected chi connectivity index (χ0v) is 13.8. The van der Waals surface area contributed by atoms with E-state index >= 15 is 0 Å². The summed E-state index contributed by atoms with van der Waals surface area (Å²) in [5.74, 6) is 1.24. The van der Waals surface area contributed by atoms with E-state index < -0.39 is 0 Å². The molecule has 120 valence electrons. The molecular weight excluding hydrogens is 292 g/mol. The lowest BCUT2D eigenvalue weighted by atomic mass is 10.0. The maximum atomic E-state index is 12.3. The molecule has 0 fully saturated rings. The average molecular weight is 317 g/mol. The first-order valence-corrected chi connectivity index (χ1v) is 6.75. The summed E-state index contributed by atoms with van der Waals surface area (Å²) in [7, 11) is 3.06. The third-order valence-electron chi connectivity index (χ3n) is 3.02. The molecule has 0 aliphatic rings. The normalized spacial score (nSPS) is 11.5. The maximum Gasteiger partial charge on any atom is 0.255 e. The molecule has 1 unspecified atom stereocenters. The molecule has 0 aromatic heterocycles. The number of benzene rings is 1. The van der Waals surface area contributed by atoms with Gasteiger partial charge < -0.3 is 20.5 Å². The maximum absolute atomic E-state index is 12.3. The van der Waals surface area contributed by atoms with Crippen LogP contribution in [0.15, 0.2) is 18.2 Å². The molecule has 1 aromatic rings. The van der Waals surface area contributed by atoms with Gasteiger partial charge in [-0.05, 0) is 24.5 Å². The van der Waals surface area contributed by atoms with Gasteiger partial charge in [0, 0.05) is 12.6 Å². The molecule has 3 N–H and O–H groups in total. The topological polar surface area (TPSA) is 73.6 Å². The van der Waals surface area contributed by atoms with Crippen molar-refractivity contribution in [3.05, 3.63) is 23.8 Å². The quantitative estimate of drug-likeness (QED) is 0.809. The van der Waals surface area contributed by atoms with Crippen LogP contribution < -0.4 is 20.5 Å². The number of carbonyl (C=O) groups is 1. The number of carbonyl (C=O) groups excluding carboxylic acids is 1. The van der Waals surface area contributed by atoms with Gasteiger partial charge in [-0.25, -0.2) is 0 Å². The summed E-state index contributed by atoms with van der Waals surface area (Å²) < 4.78 is 10.5. The fourth-order valence-corrected chi connectivity index (χ4v) is 2.11. The van der Waals surface area contributed by atoms with Gasteiger partial charge in [0.25, 0.3) is 5.91 Å². The summed E-state index contributed by atoms with van der Waals surface area (Å²) in [6.45, 7) is 4.61. The minimum Gasteiger partial charge on any atom is -0.493 e. The lowest BCUT2D eigenvalue weighted by molar-refractivity contribution is 0.0930. The van der Waals surface area contributed by atoms with E-state index in [4.69, 9.17) is 15.2 Å². The van der Waals surface area contributed by atoms with Crippen LogP contribution in [0.25, 0.3) is 0 Å². The average Bonchev–Trinajstić information content (AvgIpc) is 2.44. The highest BCUT2D eigenvalue weighted by Gasteiger charge is 2.19. The SMILES string of the molecule is COc1cccc(C(=O)NC(CN)CC(C)C)c1OC.Cl. The second-order valence-corrected chi connectivity index (χ2v) is 5.08. The summed E-state index contributed by atoms with van der Waals surface area (Å²) in [6.07, 6.45) is 0.842. The lowest BCUT2D eigenvalue weighted by Gasteiger charge is -2.20. The van der Waals surface area contributed by atoms with Crippen LogP contribution >= 0.6 is 12.4 Å². The Morgan fingerprint density at radius 1 is 1.29 bits per heavy atom. The van der Waals surface area contributed by atoms with E-state index in [2.05, 4.69) is 19.2 Å². The predicted molar refractivity (Wildman–Crippen MR) is 86.6 cm³/mol. The second kappa shape index (κ2) is 9.47. The van der Waals surface area contributed by atoms with Gasteiger partial charge in [-0.1, -0.05) is 19.9 Å². The number of methoxy groups -OCH3 is 2. The molecule has 0 heterocycles. The number of ether oxygens (including phenoxy) is 2. The number of hydrogen-bond acceptors (Lipinski definition) is 4. The van der Waals surface area contributed by atoms with Gasteiger partial charge >= 0.3 is 0 Å². The molecule has 0 radical (unpaired) electrons. The van der Waals surface area contributed by atoms with Gasteiger partial charge in [-0.2, -0.15) is 0 Å². The highest BCUT2D eigenvalue weighted by Crippen LogP contribution is 2.30. The van der Waals surface area contributed by atoms with E-state index in [1.54, 1.807) is 25.3 Å². The Labute approximate surface area is 132 Å². The number of para-hydroxylation sites is 1. The van der Waals surface area contributed by atoms with Crippen molar-refractivity contribution in [2.45, 2.75) is 26.3 Å². The van der Waals surface area contributed by atoms with Crippen LogP contribution in [0.3, 0.4) is 0 Å². The number of hydrogen-bond donors (Lipinski definition) is 2. The lowest BCUT2D eigenvalue weighted by Crippen LogP contribution is -2.41. The first kappa shape index (κ1) is 19.5. The van der Waals surface area contributed by atoms with E-state index in [9.17, 15) is 4.79 Å². The number of nitrogens with two attached hydrogens (primary N) is 1. The fraction of sp³-hybridized carbons (Fsp3) is 0.533. The summed E-state index contributed by atoms with van der Waals surface area (Å²) in [6, 6.07) is 5.18. The van der Waals surface area contributed by atoms with Gasteiger partial charge in [0.15, 0.2) is 11.5 Å². The van der Waals surface area contributed by atoms with Crippen LogP contribution in [0.1, 0.15) is 30.6 Å². The molecule has 1 atom stereocenters. The smallest absolute Gasteiger partial charge is 0.255 e. The molecule has 0 bridgehead atoms. The van der Waals surface area contributed by atoms with E-state index in [1.165, 1.54) is 7.11 Å². The van der Waals surface area contributed by atoms with Crippen molar-refractivity contribution in [3.8, 4) is 11.5 Å². The Kier molecular flexibility index (Phi) is 8.81. The van der Waals surface area contributed by atoms with E-state index in [-0.39, 0.29) is 24.4 Å². The van der Waals surface area contributed by atoms with Crippen LogP contribution in [0.4, 0.5) is 0 Å². The molecule has 0 spiro atoms. The summed E-state index contributed by atoms with van der Waals surface area (Å²) in [4.78, 5) is 12.3. The van der Waals surface area contributed by atoms with Crippen molar-refractivity contribution in [2.75, 3.05) is 20.8 Å². The first-order valence-electron chi connectivity index (χ1n) is 6.75. The highest BCUT2D eigenvalue weighted by molar-refractivity contribution is 5.98. The van der Waals surface area contributed by atoms with E-state index in [0.29, 0.717) is 29.5 Å². The molecule has 0 saturated carbocycles. The zero-order valence-electron chi connectivity index (χ0n) is 13.0. The number of nitrogens with one attached hydrogen (secondary N) is 1. The van der Waals surface area contributed by atoms with Gasteiger partial charge in [-0.15, -0.1) is 12.4 Å². The first-order chi connectivity index (χ1) is 9.53. The third kappa shape index (κ3) is 5.44. The van der Waals surface area contributed by atoms with Crippen LogP contribution in [0.5, 0.6) is 11.5 Å². The standard InChI is InChI=1S/C15H24N2O3.ClH/c1-10(2)8-11(9-16)17-15(18)12-6-5-7-13(19-3)14(12)20-4;/h5-7,10-11H,8-9,16H2,1-4H3,(H,17,18);1H. The molecule has 21 heavy (non-hydrogen) atoms. The number of halogens is 1. The Hall–Kier alpha value is -1.46. The fourth-order valence-electron chi connectivity index (χ4n) is 2.11. The van der Waals surface area contributed by atoms with Gasteiger partial charge in [0.1, 0.15) is 0 Å². The highest BCUT2D eigenvalue weighted by atomic mass is 35.5. The third-order valence-corrected chi connectivity index (χ3v) is 3.02. The Morgan fingerprint density at radius 3 is 2.43 bits per heavy atom. The molecule has 0 saturated heterocycles. The molecular formula is C15H25ClN2O3. The van der Waals surface area contributed by atoms with Crippen LogP contribution in [0, 0.1) is 5.92 Å². The predicted octanol–water partition coefficient (Wildman–Crippen LogP) is 2.23. The number of rotatable bonds is 7. The molecule has 0 aliphatic carbocycles. The van der Waals surface area contributed by atoms with E-state index in [0.717, 1.165) is 6.42 Å². The van der Waals surface area contributed by atoms with Crippen molar-refractivity contribution in [2.24, 2.45) is 11.7 Å². The van der Waals surface area contributed by atoms with Gasteiger partial charge in [0.2, 0.25) is 0 Å². The van der Waals surface area contributed by atoms with Gasteiger partial charge in [0.05, 0.1) is 19.8 Å². The summed E-state index contributed by atoms with van der Waals surface area (Å²) in [5, 5.41) is 2.94. The Morgan fingerprint density at radius 2 is 1.95 bits per heavy atom. The Bertz CT molecular complexity index is 453. The van der Waals surface area contributed by atoms with Crippen molar-refractivity contribution in [1.82, 2.24) is 5.32 Å². The van der Waals surface area contributed by atoms with Crippen molar-refractivity contribution >= 4 is 18.3 Å². The van der Waals surface area contributed by atoms with E-state index in [1.807, 2.05) is 0 Å². The largest absolute Gasteiger partial charge is 0.493 e. The molecule has 1 rings (SSSR count).